The molecule has 1 atom stereocenters. The molecule has 1 rings (SSSR count). The molecule has 4 nitrogen and oxygen atoms in total. The molecule has 2 N–H and O–H groups in total. The summed E-state index contributed by atoms with van der Waals surface area (Å²) in [6, 6.07) is 5.80. The molecule has 0 aliphatic carbocycles. The molecular formula is C15H24N2O2. The van der Waals surface area contributed by atoms with Crippen molar-refractivity contribution >= 4 is 11.7 Å². The molecule has 0 heterocycles. The van der Waals surface area contributed by atoms with E-state index < -0.39 is 6.10 Å². The van der Waals surface area contributed by atoms with Gasteiger partial charge in [0.25, 0.3) is 0 Å². The van der Waals surface area contributed by atoms with Crippen LogP contribution in [0.25, 0.3) is 0 Å². The third kappa shape index (κ3) is 4.56. The molecule has 0 saturated carbocycles. The minimum atomic E-state index is -0.524. The Balaban J connectivity index is 2.74. The van der Waals surface area contributed by atoms with Crippen molar-refractivity contribution in [2.45, 2.75) is 39.7 Å². The summed E-state index contributed by atoms with van der Waals surface area (Å²) in [4.78, 5) is 13.4. The first-order chi connectivity index (χ1) is 8.97. The first-order valence-corrected chi connectivity index (χ1v) is 6.79. The van der Waals surface area contributed by atoms with Crippen LogP contribution >= 0.6 is 0 Å². The molecule has 1 aromatic carbocycles. The molecule has 0 aromatic heterocycles. The predicted octanol–water partition coefficient (Wildman–Crippen LogP) is 2.66. The number of benzene rings is 1. The molecule has 0 saturated heterocycles. The van der Waals surface area contributed by atoms with E-state index in [1.54, 1.807) is 14.0 Å². The maximum atomic E-state index is 11.9. The summed E-state index contributed by atoms with van der Waals surface area (Å²) >= 11 is 0. The number of aliphatic hydroxyl groups excluding tert-OH is 1. The fourth-order valence-electron chi connectivity index (χ4n) is 2.08. The van der Waals surface area contributed by atoms with E-state index in [9.17, 15) is 9.90 Å². The van der Waals surface area contributed by atoms with Gasteiger partial charge < -0.3 is 15.3 Å². The molecule has 0 aliphatic heterocycles. The second-order valence-electron chi connectivity index (χ2n) is 4.85. The van der Waals surface area contributed by atoms with Gasteiger partial charge in [-0.2, -0.15) is 0 Å². The van der Waals surface area contributed by atoms with Gasteiger partial charge in [0.15, 0.2) is 0 Å². The number of hydrogen-bond acceptors (Lipinski definition) is 2. The van der Waals surface area contributed by atoms with Crippen molar-refractivity contribution in [2.75, 3.05) is 18.9 Å². The molecule has 0 fully saturated rings. The summed E-state index contributed by atoms with van der Waals surface area (Å²) in [6.07, 6.45) is 1.43. The number of carbonyl (C=O) groups excluding carboxylic acids is 1. The fourth-order valence-corrected chi connectivity index (χ4v) is 2.08. The van der Waals surface area contributed by atoms with Gasteiger partial charge in [0.05, 0.1) is 6.10 Å². The van der Waals surface area contributed by atoms with E-state index >= 15 is 0 Å². The third-order valence-electron chi connectivity index (χ3n) is 3.10. The Labute approximate surface area is 115 Å². The van der Waals surface area contributed by atoms with E-state index in [0.29, 0.717) is 6.54 Å². The Hall–Kier alpha value is -1.55. The Morgan fingerprint density at radius 1 is 1.32 bits per heavy atom. The number of amides is 2. The summed E-state index contributed by atoms with van der Waals surface area (Å²) in [5, 5.41) is 12.1. The first kappa shape index (κ1) is 15.5. The number of nitrogens with zero attached hydrogens (tertiary/aromatic N) is 1. The Kier molecular flexibility index (Phi) is 5.83. The maximum Gasteiger partial charge on any atom is 0.321 e. The summed E-state index contributed by atoms with van der Waals surface area (Å²) in [5.41, 5.74) is 3.38. The molecule has 1 aromatic rings. The number of hydrogen-bond donors (Lipinski definition) is 2. The van der Waals surface area contributed by atoms with Gasteiger partial charge >= 0.3 is 6.03 Å². The molecule has 2 amide bonds. The highest BCUT2D eigenvalue weighted by molar-refractivity contribution is 5.89. The van der Waals surface area contributed by atoms with Crippen molar-refractivity contribution in [1.29, 1.82) is 0 Å². The van der Waals surface area contributed by atoms with Crippen molar-refractivity contribution < 1.29 is 9.90 Å². The Morgan fingerprint density at radius 3 is 2.47 bits per heavy atom. The SMILES string of the molecule is CCc1ccc(NC(=O)N(C)CC(C)O)cc1CC. The second kappa shape index (κ2) is 7.14. The lowest BCUT2D eigenvalue weighted by atomic mass is 10.0. The zero-order valence-corrected chi connectivity index (χ0v) is 12.2. The number of urea groups is 1. The molecule has 0 bridgehead atoms. The number of rotatable bonds is 5. The highest BCUT2D eigenvalue weighted by atomic mass is 16.3. The quantitative estimate of drug-likeness (QED) is 0.859. The van der Waals surface area contributed by atoms with Crippen molar-refractivity contribution in [2.24, 2.45) is 0 Å². The van der Waals surface area contributed by atoms with Crippen molar-refractivity contribution in [3.63, 3.8) is 0 Å². The van der Waals surface area contributed by atoms with E-state index in [4.69, 9.17) is 0 Å². The van der Waals surface area contributed by atoms with Crippen LogP contribution in [0.4, 0.5) is 10.5 Å². The van der Waals surface area contributed by atoms with Crippen molar-refractivity contribution in [1.82, 2.24) is 4.90 Å². The van der Waals surface area contributed by atoms with Crippen LogP contribution in [0.2, 0.25) is 0 Å². The van der Waals surface area contributed by atoms with Crippen molar-refractivity contribution in [3.8, 4) is 0 Å². The van der Waals surface area contributed by atoms with Crippen LogP contribution < -0.4 is 5.32 Å². The number of aryl methyl sites for hydroxylation is 2. The highest BCUT2D eigenvalue weighted by Crippen LogP contribution is 2.17. The summed E-state index contributed by atoms with van der Waals surface area (Å²) in [5.74, 6) is 0. The average molecular weight is 264 g/mol. The van der Waals surface area contributed by atoms with Gasteiger partial charge in [-0.05, 0) is 43.0 Å². The minimum absolute atomic E-state index is 0.202. The van der Waals surface area contributed by atoms with Gasteiger partial charge in [0.1, 0.15) is 0 Å². The summed E-state index contributed by atoms with van der Waals surface area (Å²) in [6.45, 7) is 6.22. The molecule has 0 aliphatic rings. The largest absolute Gasteiger partial charge is 0.392 e. The van der Waals surface area contributed by atoms with Crippen LogP contribution in [0.1, 0.15) is 31.9 Å². The predicted molar refractivity (Wildman–Crippen MR) is 78.5 cm³/mol. The maximum absolute atomic E-state index is 11.9. The standard InChI is InChI=1S/C15H24N2O2/c1-5-12-7-8-14(9-13(12)6-2)16-15(19)17(4)10-11(3)18/h7-9,11,18H,5-6,10H2,1-4H3,(H,16,19). The normalized spacial score (nSPS) is 12.1. The molecule has 106 valence electrons. The van der Waals surface area contributed by atoms with Crippen LogP contribution in [-0.4, -0.2) is 35.7 Å². The van der Waals surface area contributed by atoms with E-state index in [2.05, 4.69) is 25.2 Å². The summed E-state index contributed by atoms with van der Waals surface area (Å²) in [7, 11) is 1.67. The minimum Gasteiger partial charge on any atom is -0.392 e. The van der Waals surface area contributed by atoms with Gasteiger partial charge in [0, 0.05) is 19.3 Å². The molecule has 0 spiro atoms. The van der Waals surface area contributed by atoms with Gasteiger partial charge in [0.2, 0.25) is 0 Å². The van der Waals surface area contributed by atoms with Gasteiger partial charge in [-0.1, -0.05) is 19.9 Å². The number of aliphatic hydroxyl groups is 1. The van der Waals surface area contributed by atoms with Crippen LogP contribution in [-0.2, 0) is 12.8 Å². The lowest BCUT2D eigenvalue weighted by molar-refractivity contribution is 0.149. The molecule has 1 unspecified atom stereocenters. The molecule has 4 heteroatoms. The second-order valence-corrected chi connectivity index (χ2v) is 4.85. The number of anilines is 1. The Morgan fingerprint density at radius 2 is 1.95 bits per heavy atom. The zero-order chi connectivity index (χ0) is 14.4. The van der Waals surface area contributed by atoms with E-state index in [1.165, 1.54) is 16.0 Å². The van der Waals surface area contributed by atoms with Crippen LogP contribution in [0.15, 0.2) is 18.2 Å². The van der Waals surface area contributed by atoms with E-state index in [1.807, 2.05) is 12.1 Å². The summed E-state index contributed by atoms with van der Waals surface area (Å²) < 4.78 is 0. The third-order valence-corrected chi connectivity index (χ3v) is 3.10. The lowest BCUT2D eigenvalue weighted by Gasteiger charge is -2.20. The molecule has 19 heavy (non-hydrogen) atoms. The van der Waals surface area contributed by atoms with Crippen LogP contribution in [0, 0.1) is 0 Å². The highest BCUT2D eigenvalue weighted by Gasteiger charge is 2.11. The van der Waals surface area contributed by atoms with Gasteiger partial charge in [-0.3, -0.25) is 0 Å². The smallest absolute Gasteiger partial charge is 0.321 e. The van der Waals surface area contributed by atoms with Crippen molar-refractivity contribution in [3.05, 3.63) is 29.3 Å². The van der Waals surface area contributed by atoms with Gasteiger partial charge in [-0.25, -0.2) is 4.79 Å². The van der Waals surface area contributed by atoms with Crippen LogP contribution in [0.5, 0.6) is 0 Å². The topological polar surface area (TPSA) is 52.6 Å². The van der Waals surface area contributed by atoms with E-state index in [0.717, 1.165) is 18.5 Å². The number of likely N-dealkylation sites (N-methyl/N-ethyl adjacent to an activating group) is 1. The molecule has 0 radical (unpaired) electrons. The number of carbonyl (C=O) groups is 1. The average Bonchev–Trinajstić information content (AvgIpc) is 2.37. The van der Waals surface area contributed by atoms with Gasteiger partial charge in [-0.15, -0.1) is 0 Å². The lowest BCUT2D eigenvalue weighted by Crippen LogP contribution is -2.36. The van der Waals surface area contributed by atoms with E-state index in [-0.39, 0.29) is 6.03 Å². The zero-order valence-electron chi connectivity index (χ0n) is 12.2. The Bertz CT molecular complexity index is 430. The monoisotopic (exact) mass is 264 g/mol. The fraction of sp³-hybridized carbons (Fsp3) is 0.533. The number of nitrogens with one attached hydrogen (secondary N) is 1. The molecular weight excluding hydrogens is 240 g/mol. The first-order valence-electron chi connectivity index (χ1n) is 6.79. The van der Waals surface area contributed by atoms with Crippen LogP contribution in [0.3, 0.4) is 0 Å².